The Labute approximate surface area is 144 Å². The highest BCUT2D eigenvalue weighted by molar-refractivity contribution is 5.94. The highest BCUT2D eigenvalue weighted by Crippen LogP contribution is 2.39. The molecule has 2 atom stereocenters. The molecule has 4 rings (SSSR count). The van der Waals surface area contributed by atoms with Gasteiger partial charge in [0.05, 0.1) is 11.7 Å². The second-order valence-electron chi connectivity index (χ2n) is 7.70. The van der Waals surface area contributed by atoms with Gasteiger partial charge in [0.15, 0.2) is 0 Å². The fourth-order valence-electron chi connectivity index (χ4n) is 4.40. The van der Waals surface area contributed by atoms with E-state index in [9.17, 15) is 4.79 Å². The van der Waals surface area contributed by atoms with E-state index >= 15 is 0 Å². The number of hydrogen-bond donors (Lipinski definition) is 1. The van der Waals surface area contributed by atoms with Gasteiger partial charge in [-0.3, -0.25) is 9.69 Å². The maximum absolute atomic E-state index is 12.2. The largest absolute Gasteiger partial charge is 0.369 e. The normalized spacial score (nSPS) is 31.1. The molecule has 0 aromatic heterocycles. The van der Waals surface area contributed by atoms with E-state index in [2.05, 4.69) is 10.2 Å². The molecule has 2 saturated heterocycles. The first-order valence-corrected chi connectivity index (χ1v) is 9.49. The Hall–Kier alpha value is -1.39. The van der Waals surface area contributed by atoms with E-state index in [-0.39, 0.29) is 17.6 Å². The maximum Gasteiger partial charge on any atom is 0.251 e. The first-order valence-electron chi connectivity index (χ1n) is 9.49. The Balaban J connectivity index is 1.30. The van der Waals surface area contributed by atoms with Gasteiger partial charge in [0.25, 0.3) is 5.91 Å². The number of rotatable bonds is 4. The number of ether oxygens (including phenoxy) is 1. The van der Waals surface area contributed by atoms with Gasteiger partial charge in [0.2, 0.25) is 0 Å². The van der Waals surface area contributed by atoms with Crippen molar-refractivity contribution in [1.29, 1.82) is 0 Å². The molecule has 1 saturated carbocycles. The van der Waals surface area contributed by atoms with Crippen LogP contribution in [0.5, 0.6) is 0 Å². The second kappa shape index (κ2) is 6.85. The van der Waals surface area contributed by atoms with Crippen LogP contribution in [0.4, 0.5) is 0 Å². The van der Waals surface area contributed by atoms with Gasteiger partial charge in [0.1, 0.15) is 0 Å². The standard InChI is InChI=1S/C20H28N2O2/c23-19(16-6-2-1-3-7-16)21-14-18-10-5-11-20(24-18)12-13-22(15-20)17-8-4-9-17/h1-3,6-7,17-18H,4-5,8-15H2,(H,21,23)/t18-,20+/m0/s1. The molecular weight excluding hydrogens is 300 g/mol. The van der Waals surface area contributed by atoms with Crippen molar-refractivity contribution in [2.45, 2.75) is 62.7 Å². The molecule has 1 aromatic carbocycles. The minimum Gasteiger partial charge on any atom is -0.369 e. The quantitative estimate of drug-likeness (QED) is 0.924. The summed E-state index contributed by atoms with van der Waals surface area (Å²) in [5, 5.41) is 3.05. The molecule has 3 fully saturated rings. The maximum atomic E-state index is 12.2. The van der Waals surface area contributed by atoms with Gasteiger partial charge < -0.3 is 10.1 Å². The average Bonchev–Trinajstić information content (AvgIpc) is 2.94. The molecule has 1 aromatic rings. The third-order valence-electron chi connectivity index (χ3n) is 6.04. The van der Waals surface area contributed by atoms with Crippen molar-refractivity contribution in [2.24, 2.45) is 0 Å². The summed E-state index contributed by atoms with van der Waals surface area (Å²) < 4.78 is 6.51. The molecule has 2 aliphatic heterocycles. The first-order chi connectivity index (χ1) is 11.7. The molecule has 1 N–H and O–H groups in total. The van der Waals surface area contributed by atoms with Gasteiger partial charge in [-0.1, -0.05) is 24.6 Å². The smallest absolute Gasteiger partial charge is 0.251 e. The number of nitrogens with one attached hydrogen (secondary N) is 1. The van der Waals surface area contributed by atoms with E-state index in [1.165, 1.54) is 38.6 Å². The van der Waals surface area contributed by atoms with Crippen LogP contribution in [0.25, 0.3) is 0 Å². The van der Waals surface area contributed by atoms with Crippen LogP contribution in [0, 0.1) is 0 Å². The van der Waals surface area contributed by atoms with Crippen molar-refractivity contribution >= 4 is 5.91 Å². The number of carbonyl (C=O) groups excluding carboxylic acids is 1. The van der Waals surface area contributed by atoms with Gasteiger partial charge in [-0.2, -0.15) is 0 Å². The zero-order valence-corrected chi connectivity index (χ0v) is 14.4. The summed E-state index contributed by atoms with van der Waals surface area (Å²) >= 11 is 0. The fourth-order valence-corrected chi connectivity index (χ4v) is 4.40. The SMILES string of the molecule is O=C(NC[C@@H]1CCC[C@]2(CCN(C3CCC3)C2)O1)c1ccccc1. The van der Waals surface area contributed by atoms with Crippen molar-refractivity contribution in [2.75, 3.05) is 19.6 Å². The lowest BCUT2D eigenvalue weighted by atomic mass is 9.89. The third-order valence-corrected chi connectivity index (χ3v) is 6.04. The molecule has 2 heterocycles. The van der Waals surface area contributed by atoms with Gasteiger partial charge in [0, 0.05) is 31.2 Å². The summed E-state index contributed by atoms with van der Waals surface area (Å²) in [5.41, 5.74) is 0.774. The zero-order chi connectivity index (χ0) is 16.4. The highest BCUT2D eigenvalue weighted by Gasteiger charge is 2.45. The number of hydrogen-bond acceptors (Lipinski definition) is 3. The lowest BCUT2D eigenvalue weighted by Crippen LogP contribution is -2.48. The van der Waals surface area contributed by atoms with Crippen molar-refractivity contribution in [3.8, 4) is 0 Å². The summed E-state index contributed by atoms with van der Waals surface area (Å²) in [5.74, 6) is 0.00124. The van der Waals surface area contributed by atoms with E-state index in [4.69, 9.17) is 4.74 Å². The predicted molar refractivity (Wildman–Crippen MR) is 94.1 cm³/mol. The van der Waals surface area contributed by atoms with E-state index in [1.807, 2.05) is 30.3 Å². The molecular formula is C20H28N2O2. The molecule has 24 heavy (non-hydrogen) atoms. The molecule has 130 valence electrons. The molecule has 1 amide bonds. The Bertz CT molecular complexity index is 572. The van der Waals surface area contributed by atoms with Gasteiger partial charge in [-0.05, 0) is 50.7 Å². The summed E-state index contributed by atoms with van der Waals surface area (Å²) in [6.07, 6.45) is 8.90. The van der Waals surface area contributed by atoms with Crippen LogP contribution in [0.15, 0.2) is 30.3 Å². The van der Waals surface area contributed by atoms with Crippen LogP contribution in [0.2, 0.25) is 0 Å². The lowest BCUT2D eigenvalue weighted by Gasteiger charge is -2.41. The Kier molecular flexibility index (Phi) is 4.59. The number of amides is 1. The monoisotopic (exact) mass is 328 g/mol. The zero-order valence-electron chi connectivity index (χ0n) is 14.4. The molecule has 0 bridgehead atoms. The fraction of sp³-hybridized carbons (Fsp3) is 0.650. The van der Waals surface area contributed by atoms with Crippen LogP contribution in [0.1, 0.15) is 55.3 Å². The van der Waals surface area contributed by atoms with Gasteiger partial charge in [-0.25, -0.2) is 0 Å². The predicted octanol–water partition coefficient (Wildman–Crippen LogP) is 2.98. The van der Waals surface area contributed by atoms with Crippen LogP contribution < -0.4 is 5.32 Å². The topological polar surface area (TPSA) is 41.6 Å². The summed E-state index contributed by atoms with van der Waals surface area (Å²) in [4.78, 5) is 14.9. The first kappa shape index (κ1) is 16.1. The number of likely N-dealkylation sites (tertiary alicyclic amines) is 1. The molecule has 1 spiro atoms. The van der Waals surface area contributed by atoms with Crippen LogP contribution >= 0.6 is 0 Å². The van der Waals surface area contributed by atoms with Gasteiger partial charge in [-0.15, -0.1) is 0 Å². The van der Waals surface area contributed by atoms with E-state index in [0.717, 1.165) is 31.0 Å². The Morgan fingerprint density at radius 3 is 2.75 bits per heavy atom. The molecule has 3 aliphatic rings. The average molecular weight is 328 g/mol. The van der Waals surface area contributed by atoms with Crippen molar-refractivity contribution in [3.63, 3.8) is 0 Å². The second-order valence-corrected chi connectivity index (χ2v) is 7.70. The van der Waals surface area contributed by atoms with Gasteiger partial charge >= 0.3 is 0 Å². The molecule has 0 unspecified atom stereocenters. The van der Waals surface area contributed by atoms with Crippen molar-refractivity contribution < 1.29 is 9.53 Å². The minimum absolute atomic E-state index is 0.00124. The van der Waals surface area contributed by atoms with Crippen molar-refractivity contribution in [3.05, 3.63) is 35.9 Å². The summed E-state index contributed by atoms with van der Waals surface area (Å²) in [6.45, 7) is 2.91. The highest BCUT2D eigenvalue weighted by atomic mass is 16.5. The summed E-state index contributed by atoms with van der Waals surface area (Å²) in [6, 6.07) is 10.2. The Morgan fingerprint density at radius 2 is 2.00 bits per heavy atom. The molecule has 4 heteroatoms. The molecule has 0 radical (unpaired) electrons. The van der Waals surface area contributed by atoms with Crippen LogP contribution in [-0.2, 0) is 4.74 Å². The van der Waals surface area contributed by atoms with E-state index in [1.54, 1.807) is 0 Å². The summed E-state index contributed by atoms with van der Waals surface area (Å²) in [7, 11) is 0. The van der Waals surface area contributed by atoms with Crippen LogP contribution in [0.3, 0.4) is 0 Å². The third kappa shape index (κ3) is 3.35. The minimum atomic E-state index is 0.00124. The van der Waals surface area contributed by atoms with Crippen molar-refractivity contribution in [1.82, 2.24) is 10.2 Å². The number of benzene rings is 1. The number of carbonyl (C=O) groups is 1. The number of nitrogens with zero attached hydrogens (tertiary/aromatic N) is 1. The Morgan fingerprint density at radius 1 is 1.17 bits per heavy atom. The van der Waals surface area contributed by atoms with E-state index < -0.39 is 0 Å². The van der Waals surface area contributed by atoms with E-state index in [0.29, 0.717) is 6.54 Å². The molecule has 4 nitrogen and oxygen atoms in total. The van der Waals surface area contributed by atoms with Crippen LogP contribution in [-0.4, -0.2) is 48.2 Å². The molecule has 1 aliphatic carbocycles. The lowest BCUT2D eigenvalue weighted by molar-refractivity contribution is -0.120.